The molecular weight excluding hydrogens is 340 g/mol. The SMILES string of the molecule is Cc1nn(C)c(C)c1CN(C(=O)Nc1ccnn1-c1ccccc1)C1CC1. The summed E-state index contributed by atoms with van der Waals surface area (Å²) in [6.45, 7) is 4.61. The van der Waals surface area contributed by atoms with Crippen molar-refractivity contribution in [1.29, 1.82) is 0 Å². The van der Waals surface area contributed by atoms with Crippen LogP contribution in [0.4, 0.5) is 10.6 Å². The van der Waals surface area contributed by atoms with Crippen molar-refractivity contribution in [2.45, 2.75) is 39.3 Å². The minimum Gasteiger partial charge on any atom is -0.317 e. The van der Waals surface area contributed by atoms with E-state index in [0.29, 0.717) is 12.4 Å². The quantitative estimate of drug-likeness (QED) is 0.754. The standard InChI is InChI=1S/C20H24N6O/c1-14-18(15(2)24(3)23-14)13-25(16-9-10-16)20(27)22-19-11-12-21-26(19)17-7-5-4-6-8-17/h4-8,11-12,16H,9-10,13H2,1-3H3,(H,22,27). The maximum absolute atomic E-state index is 13.1. The molecule has 27 heavy (non-hydrogen) atoms. The fourth-order valence-electron chi connectivity index (χ4n) is 3.32. The topological polar surface area (TPSA) is 68.0 Å². The Morgan fingerprint density at radius 2 is 1.96 bits per heavy atom. The third-order valence-corrected chi connectivity index (χ3v) is 5.11. The van der Waals surface area contributed by atoms with Crippen molar-refractivity contribution in [1.82, 2.24) is 24.5 Å². The first-order chi connectivity index (χ1) is 13.0. The number of amides is 2. The molecule has 0 atom stereocenters. The predicted molar refractivity (Wildman–Crippen MR) is 104 cm³/mol. The van der Waals surface area contributed by atoms with Gasteiger partial charge in [0, 0.05) is 30.4 Å². The van der Waals surface area contributed by atoms with Gasteiger partial charge in [0.2, 0.25) is 0 Å². The van der Waals surface area contributed by atoms with Gasteiger partial charge in [-0.2, -0.15) is 10.2 Å². The molecule has 0 aliphatic heterocycles. The van der Waals surface area contributed by atoms with Gasteiger partial charge in [-0.05, 0) is 38.8 Å². The van der Waals surface area contributed by atoms with Gasteiger partial charge in [-0.1, -0.05) is 18.2 Å². The first kappa shape index (κ1) is 17.3. The zero-order chi connectivity index (χ0) is 19.0. The van der Waals surface area contributed by atoms with Gasteiger partial charge >= 0.3 is 6.03 Å². The van der Waals surface area contributed by atoms with E-state index < -0.39 is 0 Å². The minimum absolute atomic E-state index is 0.0992. The molecule has 1 saturated carbocycles. The number of aromatic nitrogens is 4. The van der Waals surface area contributed by atoms with Gasteiger partial charge in [0.25, 0.3) is 0 Å². The number of rotatable bonds is 5. The van der Waals surface area contributed by atoms with Crippen molar-refractivity contribution in [3.63, 3.8) is 0 Å². The first-order valence-corrected chi connectivity index (χ1v) is 9.20. The number of carbonyl (C=O) groups is 1. The molecule has 0 saturated heterocycles. The second kappa shape index (κ2) is 6.90. The highest BCUT2D eigenvalue weighted by atomic mass is 16.2. The molecule has 1 aromatic carbocycles. The van der Waals surface area contributed by atoms with Crippen LogP contribution in [0.5, 0.6) is 0 Å². The van der Waals surface area contributed by atoms with Crippen LogP contribution in [0.1, 0.15) is 29.8 Å². The molecule has 0 unspecified atom stereocenters. The number of benzene rings is 1. The van der Waals surface area contributed by atoms with Gasteiger partial charge in [0.05, 0.1) is 24.1 Å². The molecule has 7 heteroatoms. The first-order valence-electron chi connectivity index (χ1n) is 9.20. The third-order valence-electron chi connectivity index (χ3n) is 5.11. The van der Waals surface area contributed by atoms with Crippen LogP contribution in [-0.4, -0.2) is 36.5 Å². The van der Waals surface area contributed by atoms with E-state index >= 15 is 0 Å². The zero-order valence-corrected chi connectivity index (χ0v) is 15.9. The van der Waals surface area contributed by atoms with Crippen LogP contribution in [0, 0.1) is 13.8 Å². The van der Waals surface area contributed by atoms with Crippen LogP contribution in [0.25, 0.3) is 5.69 Å². The normalized spacial score (nSPS) is 13.6. The Hall–Kier alpha value is -3.09. The van der Waals surface area contributed by atoms with E-state index in [0.717, 1.165) is 35.5 Å². The molecule has 0 radical (unpaired) electrons. The highest BCUT2D eigenvalue weighted by Gasteiger charge is 2.34. The summed E-state index contributed by atoms with van der Waals surface area (Å²) in [4.78, 5) is 15.0. The van der Waals surface area contributed by atoms with Gasteiger partial charge in [0.1, 0.15) is 5.82 Å². The molecule has 3 aromatic rings. The van der Waals surface area contributed by atoms with E-state index in [1.165, 1.54) is 0 Å². The lowest BCUT2D eigenvalue weighted by atomic mass is 10.2. The summed E-state index contributed by atoms with van der Waals surface area (Å²) in [6.07, 6.45) is 3.78. The van der Waals surface area contributed by atoms with E-state index in [4.69, 9.17) is 0 Å². The molecule has 0 bridgehead atoms. The molecule has 140 valence electrons. The number of aryl methyl sites for hydroxylation is 2. The van der Waals surface area contributed by atoms with E-state index in [2.05, 4.69) is 15.5 Å². The number of hydrogen-bond acceptors (Lipinski definition) is 3. The summed E-state index contributed by atoms with van der Waals surface area (Å²) < 4.78 is 3.61. The minimum atomic E-state index is -0.0992. The fraction of sp³-hybridized carbons (Fsp3) is 0.350. The second-order valence-electron chi connectivity index (χ2n) is 7.03. The van der Waals surface area contributed by atoms with Gasteiger partial charge in [0.15, 0.2) is 0 Å². The number of nitrogens with one attached hydrogen (secondary N) is 1. The summed E-state index contributed by atoms with van der Waals surface area (Å²) >= 11 is 0. The number of nitrogens with zero attached hydrogens (tertiary/aromatic N) is 5. The average Bonchev–Trinajstić information content (AvgIpc) is 3.34. The molecular formula is C20H24N6O. The third kappa shape index (κ3) is 3.45. The smallest absolute Gasteiger partial charge is 0.317 e. The van der Waals surface area contributed by atoms with Gasteiger partial charge in [-0.25, -0.2) is 9.48 Å². The fourth-order valence-corrected chi connectivity index (χ4v) is 3.32. The Balaban J connectivity index is 1.55. The Bertz CT molecular complexity index is 954. The number of anilines is 1. The zero-order valence-electron chi connectivity index (χ0n) is 15.9. The molecule has 0 spiro atoms. The van der Waals surface area contributed by atoms with Gasteiger partial charge < -0.3 is 4.90 Å². The van der Waals surface area contributed by atoms with Crippen LogP contribution in [0.3, 0.4) is 0 Å². The Kier molecular flexibility index (Phi) is 4.43. The van der Waals surface area contributed by atoms with E-state index in [1.54, 1.807) is 10.9 Å². The molecule has 1 N–H and O–H groups in total. The lowest BCUT2D eigenvalue weighted by molar-refractivity contribution is 0.205. The van der Waals surface area contributed by atoms with Crippen LogP contribution in [-0.2, 0) is 13.6 Å². The molecule has 2 heterocycles. The molecule has 1 aliphatic carbocycles. The van der Waals surface area contributed by atoms with E-state index in [-0.39, 0.29) is 12.1 Å². The molecule has 7 nitrogen and oxygen atoms in total. The van der Waals surface area contributed by atoms with Gasteiger partial charge in [-0.3, -0.25) is 10.00 Å². The van der Waals surface area contributed by atoms with Crippen LogP contribution >= 0.6 is 0 Å². The highest BCUT2D eigenvalue weighted by Crippen LogP contribution is 2.30. The molecule has 1 fully saturated rings. The summed E-state index contributed by atoms with van der Waals surface area (Å²) in [5.41, 5.74) is 4.11. The average molecular weight is 364 g/mol. The predicted octanol–water partition coefficient (Wildman–Crippen LogP) is 3.42. The highest BCUT2D eigenvalue weighted by molar-refractivity contribution is 5.89. The van der Waals surface area contributed by atoms with E-state index in [1.807, 2.05) is 66.9 Å². The van der Waals surface area contributed by atoms with Crippen molar-refractivity contribution in [2.24, 2.45) is 7.05 Å². The number of para-hydroxylation sites is 1. The van der Waals surface area contributed by atoms with Crippen molar-refractivity contribution in [3.05, 3.63) is 59.5 Å². The largest absolute Gasteiger partial charge is 0.323 e. The van der Waals surface area contributed by atoms with Gasteiger partial charge in [-0.15, -0.1) is 0 Å². The van der Waals surface area contributed by atoms with Crippen LogP contribution in [0.15, 0.2) is 42.6 Å². The number of hydrogen-bond donors (Lipinski definition) is 1. The van der Waals surface area contributed by atoms with E-state index in [9.17, 15) is 4.79 Å². The van der Waals surface area contributed by atoms with Crippen molar-refractivity contribution in [3.8, 4) is 5.69 Å². The second-order valence-corrected chi connectivity index (χ2v) is 7.03. The van der Waals surface area contributed by atoms with Crippen molar-refractivity contribution >= 4 is 11.8 Å². The molecule has 2 amide bonds. The summed E-state index contributed by atoms with van der Waals surface area (Å²) in [5.74, 6) is 0.663. The Morgan fingerprint density at radius 3 is 2.59 bits per heavy atom. The molecule has 4 rings (SSSR count). The monoisotopic (exact) mass is 364 g/mol. The van der Waals surface area contributed by atoms with Crippen molar-refractivity contribution in [2.75, 3.05) is 5.32 Å². The number of urea groups is 1. The summed E-state index contributed by atoms with van der Waals surface area (Å²) in [6, 6.07) is 11.8. The van der Waals surface area contributed by atoms with Crippen LogP contribution < -0.4 is 5.32 Å². The Morgan fingerprint density at radius 1 is 1.22 bits per heavy atom. The summed E-state index contributed by atoms with van der Waals surface area (Å²) in [5, 5.41) is 11.9. The maximum Gasteiger partial charge on any atom is 0.323 e. The Labute approximate surface area is 158 Å². The summed E-state index contributed by atoms with van der Waals surface area (Å²) in [7, 11) is 1.94. The number of carbonyl (C=O) groups excluding carboxylic acids is 1. The van der Waals surface area contributed by atoms with Crippen molar-refractivity contribution < 1.29 is 4.79 Å². The van der Waals surface area contributed by atoms with Crippen LogP contribution in [0.2, 0.25) is 0 Å². The molecule has 2 aromatic heterocycles. The maximum atomic E-state index is 13.1. The lowest BCUT2D eigenvalue weighted by Crippen LogP contribution is -2.37. The lowest BCUT2D eigenvalue weighted by Gasteiger charge is -2.23. The molecule has 1 aliphatic rings.